The number of nitrogens with zero attached hydrogens (tertiary/aromatic N) is 4. The second-order valence-corrected chi connectivity index (χ2v) is 5.87. The minimum atomic E-state index is 0.661. The zero-order chi connectivity index (χ0) is 17.1. The van der Waals surface area contributed by atoms with Crippen LogP contribution in [0.25, 0.3) is 5.57 Å². The maximum atomic E-state index is 9.70. The third-order valence-corrected chi connectivity index (χ3v) is 4.29. The first kappa shape index (κ1) is 15.2. The molecular formula is C20H17N5. The summed E-state index contributed by atoms with van der Waals surface area (Å²) in [6.07, 6.45) is 5.64. The molecule has 0 atom stereocenters. The fourth-order valence-electron chi connectivity index (χ4n) is 3.11. The summed E-state index contributed by atoms with van der Waals surface area (Å²) < 4.78 is 0. The summed E-state index contributed by atoms with van der Waals surface area (Å²) in [7, 11) is 0. The molecule has 0 spiro atoms. The Morgan fingerprint density at radius 1 is 1.16 bits per heavy atom. The highest BCUT2D eigenvalue weighted by Gasteiger charge is 2.30. The van der Waals surface area contributed by atoms with E-state index in [0.717, 1.165) is 34.8 Å². The molecule has 5 nitrogen and oxygen atoms in total. The van der Waals surface area contributed by atoms with E-state index in [1.807, 2.05) is 59.6 Å². The number of amidine groups is 1. The van der Waals surface area contributed by atoms with Crippen LogP contribution in [0.1, 0.15) is 11.1 Å². The van der Waals surface area contributed by atoms with Crippen LogP contribution in [-0.4, -0.2) is 28.8 Å². The van der Waals surface area contributed by atoms with Gasteiger partial charge in [-0.15, -0.1) is 0 Å². The lowest BCUT2D eigenvalue weighted by atomic mass is 9.98. The smallest absolute Gasteiger partial charge is 0.152 e. The molecule has 0 amide bonds. The van der Waals surface area contributed by atoms with Crippen LogP contribution in [0.4, 0.5) is 0 Å². The van der Waals surface area contributed by atoms with Crippen molar-refractivity contribution in [2.24, 2.45) is 4.99 Å². The van der Waals surface area contributed by atoms with E-state index in [-0.39, 0.29) is 0 Å². The summed E-state index contributed by atoms with van der Waals surface area (Å²) in [4.78, 5) is 10.7. The monoisotopic (exact) mass is 327 g/mol. The first-order chi connectivity index (χ1) is 12.4. The number of rotatable bonds is 4. The number of allylic oxidation sites excluding steroid dienone is 3. The molecule has 2 aromatic rings. The molecule has 0 saturated heterocycles. The minimum absolute atomic E-state index is 0.661. The van der Waals surface area contributed by atoms with Crippen molar-refractivity contribution < 1.29 is 0 Å². The molecule has 0 aliphatic carbocycles. The molecule has 2 aliphatic rings. The van der Waals surface area contributed by atoms with Gasteiger partial charge in [0, 0.05) is 31.1 Å². The first-order valence-electron chi connectivity index (χ1n) is 8.23. The van der Waals surface area contributed by atoms with Crippen LogP contribution in [0, 0.1) is 11.3 Å². The highest BCUT2D eigenvalue weighted by molar-refractivity contribution is 6.06. The fraction of sp³-hybridized carbons (Fsp3) is 0.150. The molecule has 1 aromatic carbocycles. The molecule has 2 aliphatic heterocycles. The number of hydrogen-bond acceptors (Lipinski definition) is 5. The molecule has 0 saturated carbocycles. The van der Waals surface area contributed by atoms with Gasteiger partial charge >= 0.3 is 0 Å². The lowest BCUT2D eigenvalue weighted by Crippen LogP contribution is -2.36. The number of nitrogens with one attached hydrogen (secondary N) is 1. The Labute approximate surface area is 146 Å². The Kier molecular flexibility index (Phi) is 4.01. The zero-order valence-corrected chi connectivity index (χ0v) is 13.7. The van der Waals surface area contributed by atoms with E-state index in [1.165, 1.54) is 0 Å². The van der Waals surface area contributed by atoms with Gasteiger partial charge in [0.15, 0.2) is 5.84 Å². The van der Waals surface area contributed by atoms with E-state index < -0.39 is 0 Å². The van der Waals surface area contributed by atoms with Crippen LogP contribution in [0.5, 0.6) is 0 Å². The number of aromatic nitrogens is 1. The Balaban J connectivity index is 1.71. The summed E-state index contributed by atoms with van der Waals surface area (Å²) in [5.74, 6) is 0.847. The van der Waals surface area contributed by atoms with Gasteiger partial charge in [0.1, 0.15) is 11.8 Å². The molecule has 3 heterocycles. The number of nitriles is 1. The van der Waals surface area contributed by atoms with Gasteiger partial charge in [-0.3, -0.25) is 9.98 Å². The van der Waals surface area contributed by atoms with Gasteiger partial charge in [0.05, 0.1) is 12.2 Å². The van der Waals surface area contributed by atoms with E-state index in [4.69, 9.17) is 0 Å². The summed E-state index contributed by atoms with van der Waals surface area (Å²) >= 11 is 0. The molecule has 0 unspecified atom stereocenters. The van der Waals surface area contributed by atoms with Crippen molar-refractivity contribution in [3.8, 4) is 6.07 Å². The number of pyridine rings is 1. The van der Waals surface area contributed by atoms with Gasteiger partial charge < -0.3 is 10.2 Å². The zero-order valence-electron chi connectivity index (χ0n) is 13.7. The Morgan fingerprint density at radius 3 is 2.80 bits per heavy atom. The topological polar surface area (TPSA) is 64.3 Å². The van der Waals surface area contributed by atoms with Crippen LogP contribution >= 0.6 is 0 Å². The van der Waals surface area contributed by atoms with Crippen molar-refractivity contribution in [3.63, 3.8) is 0 Å². The Morgan fingerprint density at radius 2 is 2.04 bits per heavy atom. The van der Waals surface area contributed by atoms with Crippen molar-refractivity contribution in [3.05, 3.63) is 83.5 Å². The second-order valence-electron chi connectivity index (χ2n) is 5.87. The largest absolute Gasteiger partial charge is 0.378 e. The average Bonchev–Trinajstić information content (AvgIpc) is 3.17. The molecule has 1 aromatic heterocycles. The van der Waals surface area contributed by atoms with E-state index in [2.05, 4.69) is 21.4 Å². The van der Waals surface area contributed by atoms with Gasteiger partial charge in [0.25, 0.3) is 0 Å². The quantitative estimate of drug-likeness (QED) is 0.938. The van der Waals surface area contributed by atoms with Crippen LogP contribution in [0.2, 0.25) is 0 Å². The van der Waals surface area contributed by atoms with Gasteiger partial charge in [0.2, 0.25) is 0 Å². The number of fused-ring (bicyclic) bond motifs is 1. The van der Waals surface area contributed by atoms with E-state index >= 15 is 0 Å². The van der Waals surface area contributed by atoms with Crippen LogP contribution in [0.3, 0.4) is 0 Å². The highest BCUT2D eigenvalue weighted by Crippen LogP contribution is 2.30. The Hall–Kier alpha value is -3.39. The summed E-state index contributed by atoms with van der Waals surface area (Å²) in [5, 5.41) is 13.2. The van der Waals surface area contributed by atoms with Crippen molar-refractivity contribution in [2.45, 2.75) is 6.54 Å². The van der Waals surface area contributed by atoms with Gasteiger partial charge in [-0.2, -0.15) is 5.26 Å². The molecule has 5 heteroatoms. The lowest BCUT2D eigenvalue weighted by Gasteiger charge is -2.28. The third kappa shape index (κ3) is 2.90. The normalized spacial score (nSPS) is 16.0. The van der Waals surface area contributed by atoms with Crippen LogP contribution < -0.4 is 5.32 Å². The van der Waals surface area contributed by atoms with Crippen molar-refractivity contribution >= 4 is 11.4 Å². The predicted molar refractivity (Wildman–Crippen MR) is 97.1 cm³/mol. The summed E-state index contributed by atoms with van der Waals surface area (Å²) in [6.45, 7) is 2.10. The van der Waals surface area contributed by atoms with Gasteiger partial charge in [-0.25, -0.2) is 0 Å². The Bertz CT molecular complexity index is 904. The molecule has 25 heavy (non-hydrogen) atoms. The van der Waals surface area contributed by atoms with Crippen molar-refractivity contribution in [1.82, 2.24) is 15.2 Å². The third-order valence-electron chi connectivity index (χ3n) is 4.29. The van der Waals surface area contributed by atoms with Crippen molar-refractivity contribution in [2.75, 3.05) is 13.1 Å². The van der Waals surface area contributed by atoms with E-state index in [9.17, 15) is 5.26 Å². The first-order valence-corrected chi connectivity index (χ1v) is 8.23. The van der Waals surface area contributed by atoms with Crippen molar-refractivity contribution in [1.29, 1.82) is 5.26 Å². The fourth-order valence-corrected chi connectivity index (χ4v) is 3.11. The molecule has 4 rings (SSSR count). The molecule has 0 bridgehead atoms. The molecule has 0 radical (unpaired) electrons. The lowest BCUT2D eigenvalue weighted by molar-refractivity contribution is 0.575. The number of benzene rings is 1. The van der Waals surface area contributed by atoms with Gasteiger partial charge in [-0.05, 0) is 23.3 Å². The number of hydrogen-bond donors (Lipinski definition) is 1. The molecular weight excluding hydrogens is 310 g/mol. The number of aliphatic imine (C=N–C) groups is 1. The van der Waals surface area contributed by atoms with Crippen LogP contribution in [-0.2, 0) is 6.54 Å². The predicted octanol–water partition coefficient (Wildman–Crippen LogP) is 2.72. The standard InChI is InChI=1S/C20H17N5/c21-12-19-17(16-6-2-1-3-7-16)11-18(20-23-9-10-25(19)20)24-14-15-5-4-8-22-13-15/h1-8,11,13,24H,9-10,14H2. The average molecular weight is 327 g/mol. The summed E-state index contributed by atoms with van der Waals surface area (Å²) in [6, 6.07) is 16.3. The van der Waals surface area contributed by atoms with Crippen LogP contribution in [0.15, 0.2) is 77.3 Å². The molecule has 122 valence electrons. The summed E-state index contributed by atoms with van der Waals surface area (Å²) in [5.41, 5.74) is 4.67. The van der Waals surface area contributed by atoms with E-state index in [0.29, 0.717) is 18.8 Å². The maximum absolute atomic E-state index is 9.70. The van der Waals surface area contributed by atoms with E-state index in [1.54, 1.807) is 6.20 Å². The molecule has 0 fully saturated rings. The van der Waals surface area contributed by atoms with Gasteiger partial charge in [-0.1, -0.05) is 36.4 Å². The SMILES string of the molecule is N#CC1=C(c2ccccc2)C=C(NCc2cccnc2)C2=NCCN21. The highest BCUT2D eigenvalue weighted by atomic mass is 15.3. The second kappa shape index (κ2) is 6.62. The molecule has 1 N–H and O–H groups in total. The minimum Gasteiger partial charge on any atom is -0.378 e. The maximum Gasteiger partial charge on any atom is 0.152 e.